The van der Waals surface area contributed by atoms with Gasteiger partial charge < -0.3 is 20.9 Å². The van der Waals surface area contributed by atoms with Crippen molar-refractivity contribution in [3.63, 3.8) is 0 Å². The summed E-state index contributed by atoms with van der Waals surface area (Å²) >= 11 is 6.29. The number of hydrogen-bond acceptors (Lipinski definition) is 6. The van der Waals surface area contributed by atoms with E-state index in [0.29, 0.717) is 16.1 Å². The van der Waals surface area contributed by atoms with Crippen molar-refractivity contribution in [1.29, 1.82) is 0 Å². The molecule has 2 aliphatic heterocycles. The molecule has 2 fully saturated rings. The lowest BCUT2D eigenvalue weighted by atomic mass is 9.77. The SMILES string of the molecule is Cc1ccc(N2C(=O)C3C(c4cccc(Oc5cccc(C(F)(F)F)c5)c4)NC(CCCNC(N)=O)(C(=O)O)C3C2=O)cc1Cl. The first-order valence-electron chi connectivity index (χ1n) is 13.9. The average Bonchev–Trinajstić information content (AvgIpc) is 3.46. The highest BCUT2D eigenvalue weighted by molar-refractivity contribution is 6.32. The number of carboxylic acids is 1. The van der Waals surface area contributed by atoms with Crippen LogP contribution in [0.25, 0.3) is 0 Å². The molecule has 4 atom stereocenters. The van der Waals surface area contributed by atoms with Crippen LogP contribution in [0.5, 0.6) is 11.5 Å². The van der Waals surface area contributed by atoms with Crippen molar-refractivity contribution < 1.29 is 42.2 Å². The van der Waals surface area contributed by atoms with Crippen LogP contribution in [0.1, 0.15) is 35.6 Å². The third kappa shape index (κ3) is 6.05. The Morgan fingerprint density at radius 2 is 1.76 bits per heavy atom. The van der Waals surface area contributed by atoms with Gasteiger partial charge in [-0.2, -0.15) is 13.2 Å². The van der Waals surface area contributed by atoms with Crippen molar-refractivity contribution in [2.75, 3.05) is 11.4 Å². The van der Waals surface area contributed by atoms with Gasteiger partial charge in [-0.25, -0.2) is 9.69 Å². The van der Waals surface area contributed by atoms with Crippen molar-refractivity contribution >= 4 is 41.1 Å². The molecule has 10 nitrogen and oxygen atoms in total. The number of amides is 4. The average molecular weight is 645 g/mol. The number of hydrogen-bond donors (Lipinski definition) is 4. The van der Waals surface area contributed by atoms with Crippen LogP contribution in [0.2, 0.25) is 5.02 Å². The van der Waals surface area contributed by atoms with Gasteiger partial charge in [-0.15, -0.1) is 0 Å². The predicted octanol–water partition coefficient (Wildman–Crippen LogP) is 5.18. The molecule has 0 saturated carbocycles. The second kappa shape index (κ2) is 12.1. The van der Waals surface area contributed by atoms with Crippen molar-refractivity contribution in [3.05, 3.63) is 88.4 Å². The predicted molar refractivity (Wildman–Crippen MR) is 157 cm³/mol. The Morgan fingerprint density at radius 3 is 2.40 bits per heavy atom. The van der Waals surface area contributed by atoms with E-state index in [-0.39, 0.29) is 36.6 Å². The van der Waals surface area contributed by atoms with Gasteiger partial charge in [0.25, 0.3) is 0 Å². The Labute approximate surface area is 260 Å². The van der Waals surface area contributed by atoms with Crippen LogP contribution in [0, 0.1) is 18.8 Å². The summed E-state index contributed by atoms with van der Waals surface area (Å²) in [6, 6.07) is 13.3. The monoisotopic (exact) mass is 644 g/mol. The summed E-state index contributed by atoms with van der Waals surface area (Å²) in [7, 11) is 0. The van der Waals surface area contributed by atoms with E-state index >= 15 is 0 Å². The molecule has 2 heterocycles. The molecule has 2 aliphatic rings. The van der Waals surface area contributed by atoms with Crippen LogP contribution in [0.4, 0.5) is 23.7 Å². The molecule has 0 radical (unpaired) electrons. The van der Waals surface area contributed by atoms with Gasteiger partial charge in [0.05, 0.1) is 23.1 Å². The summed E-state index contributed by atoms with van der Waals surface area (Å²) < 4.78 is 45.4. The van der Waals surface area contributed by atoms with Crippen LogP contribution in [-0.2, 0) is 20.6 Å². The van der Waals surface area contributed by atoms with E-state index in [9.17, 15) is 37.5 Å². The van der Waals surface area contributed by atoms with Gasteiger partial charge in [-0.1, -0.05) is 35.9 Å². The number of aliphatic carboxylic acids is 1. The van der Waals surface area contributed by atoms with Gasteiger partial charge in [0.1, 0.15) is 17.0 Å². The molecule has 2 saturated heterocycles. The molecule has 3 aromatic rings. The molecule has 14 heteroatoms. The number of carbonyl (C=O) groups is 4. The fourth-order valence-electron chi connectivity index (χ4n) is 6.02. The zero-order valence-corrected chi connectivity index (χ0v) is 24.5. The molecule has 0 spiro atoms. The number of benzene rings is 3. The summed E-state index contributed by atoms with van der Waals surface area (Å²) in [6.45, 7) is 1.77. The number of fused-ring (bicyclic) bond motifs is 1. The Kier molecular flexibility index (Phi) is 8.51. The fourth-order valence-corrected chi connectivity index (χ4v) is 6.19. The quantitative estimate of drug-likeness (QED) is 0.185. The summed E-state index contributed by atoms with van der Waals surface area (Å²) in [5, 5.41) is 16.3. The summed E-state index contributed by atoms with van der Waals surface area (Å²) in [6.07, 6.45) is -4.63. The zero-order valence-electron chi connectivity index (χ0n) is 23.7. The second-order valence-corrected chi connectivity index (χ2v) is 11.3. The molecule has 0 aromatic heterocycles. The summed E-state index contributed by atoms with van der Waals surface area (Å²) in [5.74, 6) is -5.25. The topological polar surface area (TPSA) is 151 Å². The molecule has 45 heavy (non-hydrogen) atoms. The van der Waals surface area contributed by atoms with E-state index in [1.54, 1.807) is 31.2 Å². The van der Waals surface area contributed by atoms with Crippen molar-refractivity contribution in [2.45, 2.75) is 37.5 Å². The van der Waals surface area contributed by atoms with Gasteiger partial charge in [-0.05, 0) is 73.4 Å². The third-order valence-corrected chi connectivity index (χ3v) is 8.52. The van der Waals surface area contributed by atoms with Crippen molar-refractivity contribution in [3.8, 4) is 11.5 Å². The number of carboxylic acid groups (broad SMARTS) is 1. The maximum atomic E-state index is 14.0. The number of carbonyl (C=O) groups excluding carboxylic acids is 3. The highest BCUT2D eigenvalue weighted by Crippen LogP contribution is 2.52. The second-order valence-electron chi connectivity index (χ2n) is 10.9. The number of nitrogens with one attached hydrogen (secondary N) is 2. The first-order chi connectivity index (χ1) is 21.2. The molecular weight excluding hydrogens is 617 g/mol. The number of imide groups is 1. The number of nitrogens with zero attached hydrogens (tertiary/aromatic N) is 1. The molecular formula is C31H28ClF3N4O6. The van der Waals surface area contributed by atoms with Crippen molar-refractivity contribution in [2.24, 2.45) is 17.6 Å². The first kappa shape index (κ1) is 31.8. The van der Waals surface area contributed by atoms with Gasteiger partial charge in [-0.3, -0.25) is 19.7 Å². The van der Waals surface area contributed by atoms with Gasteiger partial charge in [0.15, 0.2) is 0 Å². The number of aryl methyl sites for hydroxylation is 1. The lowest BCUT2D eigenvalue weighted by Crippen LogP contribution is -2.56. The minimum Gasteiger partial charge on any atom is -0.480 e. The Balaban J connectivity index is 1.54. The van der Waals surface area contributed by atoms with Gasteiger partial charge >= 0.3 is 18.2 Å². The highest BCUT2D eigenvalue weighted by Gasteiger charge is 2.68. The molecule has 4 unspecified atom stereocenters. The third-order valence-electron chi connectivity index (χ3n) is 8.11. The molecule has 5 N–H and O–H groups in total. The number of rotatable bonds is 9. The zero-order chi connectivity index (χ0) is 32.7. The first-order valence-corrected chi connectivity index (χ1v) is 14.2. The number of primary amides is 1. The lowest BCUT2D eigenvalue weighted by Gasteiger charge is -2.31. The molecule has 236 valence electrons. The summed E-state index contributed by atoms with van der Waals surface area (Å²) in [5.41, 5.74) is 3.58. The molecule has 4 amide bonds. The number of alkyl halides is 3. The van der Waals surface area contributed by atoms with Crippen LogP contribution in [0.15, 0.2) is 66.7 Å². The normalized spacial score (nSPS) is 22.8. The van der Waals surface area contributed by atoms with E-state index in [1.165, 1.54) is 30.3 Å². The summed E-state index contributed by atoms with van der Waals surface area (Å²) in [4.78, 5) is 53.2. The van der Waals surface area contributed by atoms with Crippen LogP contribution >= 0.6 is 11.6 Å². The van der Waals surface area contributed by atoms with Crippen molar-refractivity contribution in [1.82, 2.24) is 10.6 Å². The number of nitrogens with two attached hydrogens (primary N) is 1. The Bertz CT molecular complexity index is 1680. The molecule has 0 aliphatic carbocycles. The van der Waals surface area contributed by atoms with Crippen LogP contribution < -0.4 is 26.0 Å². The largest absolute Gasteiger partial charge is 0.480 e. The van der Waals surface area contributed by atoms with E-state index < -0.39 is 59.0 Å². The van der Waals surface area contributed by atoms with E-state index in [2.05, 4.69) is 10.6 Å². The Morgan fingerprint density at radius 1 is 1.07 bits per heavy atom. The lowest BCUT2D eigenvalue weighted by molar-refractivity contribution is -0.149. The number of urea groups is 1. The highest BCUT2D eigenvalue weighted by atomic mass is 35.5. The number of halogens is 4. The van der Waals surface area contributed by atoms with Gasteiger partial charge in [0.2, 0.25) is 11.8 Å². The molecule has 3 aromatic carbocycles. The van der Waals surface area contributed by atoms with Crippen LogP contribution in [0.3, 0.4) is 0 Å². The maximum absolute atomic E-state index is 14.0. The smallest absolute Gasteiger partial charge is 0.416 e. The fraction of sp³-hybridized carbons (Fsp3) is 0.290. The maximum Gasteiger partial charge on any atom is 0.416 e. The number of ether oxygens (including phenoxy) is 1. The minimum absolute atomic E-state index is 0.0217. The number of anilines is 1. The van der Waals surface area contributed by atoms with Gasteiger partial charge in [0, 0.05) is 17.6 Å². The van der Waals surface area contributed by atoms with E-state index in [1.807, 2.05) is 0 Å². The molecule has 5 rings (SSSR count). The minimum atomic E-state index is -4.58. The van der Waals surface area contributed by atoms with E-state index in [0.717, 1.165) is 17.0 Å². The standard InChI is InChI=1S/C31H28ClF3N4O6/c1-16-9-10-19(15-22(16)32)39-26(40)23-24(27(39)41)30(28(42)43,11-4-12-37-29(36)44)38-25(23)17-5-2-7-20(13-17)45-21-8-3-6-18(14-21)31(33,34)35/h2-3,5-10,13-15,23-25,38H,4,11-12H2,1H3,(H,42,43)(H3,36,37,44). The molecule has 0 bridgehead atoms. The van der Waals surface area contributed by atoms with Crippen LogP contribution in [-0.4, -0.2) is 41.0 Å². The Hall–Kier alpha value is -4.62. The van der Waals surface area contributed by atoms with E-state index in [4.69, 9.17) is 22.1 Å².